The topological polar surface area (TPSA) is 41.5 Å². The largest absolute Gasteiger partial charge is 0.494 e. The number of nitrogens with one attached hydrogen (secondary N) is 1. The van der Waals surface area contributed by atoms with Crippen molar-refractivity contribution in [2.45, 2.75) is 18.9 Å². The summed E-state index contributed by atoms with van der Waals surface area (Å²) in [4.78, 5) is 0. The molecular formula is C12H17NO2. The molecule has 0 spiro atoms. The normalized spacial score (nSPS) is 18.3. The minimum Gasteiger partial charge on any atom is -0.494 e. The van der Waals surface area contributed by atoms with Gasteiger partial charge in [0.15, 0.2) is 0 Å². The van der Waals surface area contributed by atoms with E-state index in [2.05, 4.69) is 12.2 Å². The second-order valence-electron chi connectivity index (χ2n) is 4.01. The van der Waals surface area contributed by atoms with Crippen LogP contribution >= 0.6 is 0 Å². The van der Waals surface area contributed by atoms with Crippen LogP contribution < -0.4 is 10.1 Å². The van der Waals surface area contributed by atoms with Crippen molar-refractivity contribution >= 4 is 0 Å². The molecule has 0 saturated carbocycles. The molecule has 1 aromatic rings. The van der Waals surface area contributed by atoms with Crippen molar-refractivity contribution in [1.29, 1.82) is 0 Å². The maximum absolute atomic E-state index is 10.0. The van der Waals surface area contributed by atoms with Crippen LogP contribution in [0.1, 0.15) is 18.9 Å². The van der Waals surface area contributed by atoms with Crippen LogP contribution in [0.5, 0.6) is 5.75 Å². The Morgan fingerprint density at radius 2 is 2.00 bits per heavy atom. The fourth-order valence-corrected chi connectivity index (χ4v) is 1.65. The molecule has 15 heavy (non-hydrogen) atoms. The van der Waals surface area contributed by atoms with Gasteiger partial charge in [0.05, 0.1) is 6.61 Å². The van der Waals surface area contributed by atoms with Gasteiger partial charge in [-0.25, -0.2) is 0 Å². The van der Waals surface area contributed by atoms with Crippen molar-refractivity contribution in [1.82, 2.24) is 5.32 Å². The van der Waals surface area contributed by atoms with Crippen LogP contribution in [0, 0.1) is 0 Å². The van der Waals surface area contributed by atoms with E-state index in [-0.39, 0.29) is 0 Å². The van der Waals surface area contributed by atoms with Crippen LogP contribution in [0.3, 0.4) is 0 Å². The Hall–Kier alpha value is -1.06. The predicted molar refractivity (Wildman–Crippen MR) is 59.0 cm³/mol. The Morgan fingerprint density at radius 1 is 1.33 bits per heavy atom. The summed E-state index contributed by atoms with van der Waals surface area (Å²) < 4.78 is 5.48. The summed E-state index contributed by atoms with van der Waals surface area (Å²) in [6, 6.07) is 7.71. The van der Waals surface area contributed by atoms with E-state index in [1.54, 1.807) is 0 Å². The number of benzene rings is 1. The number of ether oxygens (including phenoxy) is 1. The Bertz CT molecular complexity index is 317. The van der Waals surface area contributed by atoms with E-state index < -0.39 is 5.60 Å². The van der Waals surface area contributed by atoms with E-state index >= 15 is 0 Å². The molecular weight excluding hydrogens is 190 g/mol. The van der Waals surface area contributed by atoms with Crippen LogP contribution in [-0.4, -0.2) is 24.8 Å². The third kappa shape index (κ3) is 2.13. The zero-order valence-electron chi connectivity index (χ0n) is 8.99. The Morgan fingerprint density at radius 3 is 2.47 bits per heavy atom. The van der Waals surface area contributed by atoms with Crippen LogP contribution in [0.25, 0.3) is 0 Å². The molecule has 1 fully saturated rings. The van der Waals surface area contributed by atoms with Gasteiger partial charge in [-0.05, 0) is 24.1 Å². The first-order valence-electron chi connectivity index (χ1n) is 5.41. The van der Waals surface area contributed by atoms with Gasteiger partial charge in [0.25, 0.3) is 0 Å². The fourth-order valence-electron chi connectivity index (χ4n) is 1.65. The van der Waals surface area contributed by atoms with Gasteiger partial charge in [-0.3, -0.25) is 0 Å². The Labute approximate surface area is 90.1 Å². The van der Waals surface area contributed by atoms with Crippen LogP contribution in [0.4, 0.5) is 0 Å². The van der Waals surface area contributed by atoms with Crippen molar-refractivity contribution in [2.24, 2.45) is 0 Å². The SMILES string of the molecule is CCCOc1ccc(C2(O)CNC2)cc1. The minimum atomic E-state index is -0.663. The quantitative estimate of drug-likeness (QED) is 0.781. The zero-order chi connectivity index (χ0) is 10.7. The molecule has 1 aromatic carbocycles. The zero-order valence-corrected chi connectivity index (χ0v) is 8.99. The highest BCUT2D eigenvalue weighted by Crippen LogP contribution is 2.26. The molecule has 3 nitrogen and oxygen atoms in total. The minimum absolute atomic E-state index is 0.641. The molecule has 0 unspecified atom stereocenters. The van der Waals surface area contributed by atoms with Crippen molar-refractivity contribution in [3.8, 4) is 5.75 Å². The van der Waals surface area contributed by atoms with Gasteiger partial charge >= 0.3 is 0 Å². The van der Waals surface area contributed by atoms with Crippen molar-refractivity contribution < 1.29 is 9.84 Å². The Kier molecular flexibility index (Phi) is 2.93. The lowest BCUT2D eigenvalue weighted by Gasteiger charge is -2.38. The highest BCUT2D eigenvalue weighted by molar-refractivity contribution is 5.32. The fraction of sp³-hybridized carbons (Fsp3) is 0.500. The first-order chi connectivity index (χ1) is 7.24. The second kappa shape index (κ2) is 4.21. The maximum atomic E-state index is 10.0. The molecule has 1 saturated heterocycles. The molecule has 1 aliphatic heterocycles. The average Bonchev–Trinajstić information content (AvgIpc) is 2.24. The third-order valence-electron chi connectivity index (χ3n) is 2.70. The highest BCUT2D eigenvalue weighted by Gasteiger charge is 2.35. The number of hydrogen-bond donors (Lipinski definition) is 2. The van der Waals surface area contributed by atoms with Gasteiger partial charge in [0.1, 0.15) is 11.4 Å². The van der Waals surface area contributed by atoms with Gasteiger partial charge in [-0.2, -0.15) is 0 Å². The first-order valence-corrected chi connectivity index (χ1v) is 5.41. The van der Waals surface area contributed by atoms with Crippen LogP contribution in [0.15, 0.2) is 24.3 Å². The lowest BCUT2D eigenvalue weighted by Crippen LogP contribution is -2.56. The molecule has 0 bridgehead atoms. The molecule has 0 aliphatic carbocycles. The van der Waals surface area contributed by atoms with E-state index in [0.717, 1.165) is 24.3 Å². The lowest BCUT2D eigenvalue weighted by atomic mass is 9.88. The van der Waals surface area contributed by atoms with Gasteiger partial charge in [0.2, 0.25) is 0 Å². The van der Waals surface area contributed by atoms with E-state index in [1.165, 1.54) is 0 Å². The van der Waals surface area contributed by atoms with E-state index in [9.17, 15) is 5.11 Å². The number of rotatable bonds is 4. The monoisotopic (exact) mass is 207 g/mol. The van der Waals surface area contributed by atoms with E-state index in [4.69, 9.17) is 4.74 Å². The summed E-state index contributed by atoms with van der Waals surface area (Å²) >= 11 is 0. The molecule has 3 heteroatoms. The van der Waals surface area contributed by atoms with Crippen molar-refractivity contribution in [2.75, 3.05) is 19.7 Å². The molecule has 0 amide bonds. The summed E-state index contributed by atoms with van der Waals surface area (Å²) in [5.41, 5.74) is 0.300. The Balaban J connectivity index is 2.03. The van der Waals surface area contributed by atoms with Gasteiger partial charge < -0.3 is 15.2 Å². The van der Waals surface area contributed by atoms with Gasteiger partial charge in [0, 0.05) is 13.1 Å². The van der Waals surface area contributed by atoms with Crippen molar-refractivity contribution in [3.05, 3.63) is 29.8 Å². The highest BCUT2D eigenvalue weighted by atomic mass is 16.5. The van der Waals surface area contributed by atoms with Gasteiger partial charge in [-0.1, -0.05) is 19.1 Å². The molecule has 82 valence electrons. The summed E-state index contributed by atoms with van der Waals surface area (Å²) in [7, 11) is 0. The summed E-state index contributed by atoms with van der Waals surface area (Å²) in [5.74, 6) is 0.872. The molecule has 1 aliphatic rings. The summed E-state index contributed by atoms with van der Waals surface area (Å²) in [5, 5.41) is 13.1. The lowest BCUT2D eigenvalue weighted by molar-refractivity contribution is -0.0146. The van der Waals surface area contributed by atoms with Crippen molar-refractivity contribution in [3.63, 3.8) is 0 Å². The number of hydrogen-bond acceptors (Lipinski definition) is 3. The molecule has 0 aromatic heterocycles. The van der Waals surface area contributed by atoms with Gasteiger partial charge in [-0.15, -0.1) is 0 Å². The molecule has 1 heterocycles. The molecule has 0 atom stereocenters. The number of aliphatic hydroxyl groups is 1. The molecule has 0 radical (unpaired) electrons. The van der Waals surface area contributed by atoms with E-state index in [1.807, 2.05) is 24.3 Å². The number of β-amino-alcohol motifs (C(OH)–C–C–N with tert-alkyl or cyclic N) is 1. The smallest absolute Gasteiger partial charge is 0.119 e. The maximum Gasteiger partial charge on any atom is 0.119 e. The summed E-state index contributed by atoms with van der Waals surface area (Å²) in [6.45, 7) is 4.10. The predicted octanol–water partition coefficient (Wildman–Crippen LogP) is 1.27. The van der Waals surface area contributed by atoms with Crippen LogP contribution in [0.2, 0.25) is 0 Å². The standard InChI is InChI=1S/C12H17NO2/c1-2-7-15-11-5-3-10(4-6-11)12(14)8-13-9-12/h3-6,13-14H,2,7-9H2,1H3. The molecule has 2 rings (SSSR count). The second-order valence-corrected chi connectivity index (χ2v) is 4.01. The third-order valence-corrected chi connectivity index (χ3v) is 2.70. The van der Waals surface area contributed by atoms with Crippen LogP contribution in [-0.2, 0) is 5.60 Å². The summed E-state index contributed by atoms with van der Waals surface area (Å²) in [6.07, 6.45) is 1.01. The van der Waals surface area contributed by atoms with E-state index in [0.29, 0.717) is 13.1 Å². The average molecular weight is 207 g/mol. The first kappa shape index (κ1) is 10.5. The molecule has 2 N–H and O–H groups in total.